The second-order valence-electron chi connectivity index (χ2n) is 4.60. The van der Waals surface area contributed by atoms with Crippen molar-refractivity contribution in [2.24, 2.45) is 5.73 Å². The quantitative estimate of drug-likeness (QED) is 0.920. The first-order valence-electron chi connectivity index (χ1n) is 6.47. The van der Waals surface area contributed by atoms with Gasteiger partial charge in [-0.3, -0.25) is 0 Å². The van der Waals surface area contributed by atoms with Crippen LogP contribution >= 0.6 is 0 Å². The highest BCUT2D eigenvalue weighted by molar-refractivity contribution is 5.39. The minimum absolute atomic E-state index is 0.139. The molecule has 0 bridgehead atoms. The largest absolute Gasteiger partial charge is 0.496 e. The van der Waals surface area contributed by atoms with E-state index in [4.69, 9.17) is 15.2 Å². The van der Waals surface area contributed by atoms with Crippen molar-refractivity contribution in [1.82, 2.24) is 0 Å². The van der Waals surface area contributed by atoms with Crippen molar-refractivity contribution in [2.45, 2.75) is 12.5 Å². The highest BCUT2D eigenvalue weighted by Gasteiger charge is 2.19. The van der Waals surface area contributed by atoms with Crippen LogP contribution in [0.5, 0.6) is 11.5 Å². The lowest BCUT2D eigenvalue weighted by atomic mass is 9.98. The molecule has 2 N–H and O–H groups in total. The molecule has 0 aromatic heterocycles. The van der Waals surface area contributed by atoms with Gasteiger partial charge >= 0.3 is 0 Å². The number of methoxy groups -OCH3 is 2. The van der Waals surface area contributed by atoms with Gasteiger partial charge in [0.25, 0.3) is 0 Å². The molecular formula is C16H17F2NO2. The second-order valence-corrected chi connectivity index (χ2v) is 4.60. The van der Waals surface area contributed by atoms with Gasteiger partial charge in [0, 0.05) is 11.6 Å². The van der Waals surface area contributed by atoms with Crippen LogP contribution in [0.15, 0.2) is 36.4 Å². The molecule has 0 saturated heterocycles. The number of nitrogens with two attached hydrogens (primary N) is 1. The van der Waals surface area contributed by atoms with E-state index in [1.165, 1.54) is 32.4 Å². The van der Waals surface area contributed by atoms with E-state index in [9.17, 15) is 8.78 Å². The van der Waals surface area contributed by atoms with Crippen LogP contribution in [0.4, 0.5) is 8.78 Å². The van der Waals surface area contributed by atoms with Crippen LogP contribution in [0.25, 0.3) is 0 Å². The average Bonchev–Trinajstić information content (AvgIpc) is 2.48. The summed E-state index contributed by atoms with van der Waals surface area (Å²) in [7, 11) is 2.83. The maximum Gasteiger partial charge on any atom is 0.168 e. The summed E-state index contributed by atoms with van der Waals surface area (Å²) in [4.78, 5) is 0. The molecule has 5 heteroatoms. The van der Waals surface area contributed by atoms with Gasteiger partial charge < -0.3 is 15.2 Å². The van der Waals surface area contributed by atoms with Crippen molar-refractivity contribution in [2.75, 3.05) is 14.2 Å². The lowest BCUT2D eigenvalue weighted by molar-refractivity contribution is 0.382. The van der Waals surface area contributed by atoms with Crippen LogP contribution in [0.1, 0.15) is 17.2 Å². The molecule has 1 unspecified atom stereocenters. The van der Waals surface area contributed by atoms with E-state index in [0.29, 0.717) is 11.3 Å². The van der Waals surface area contributed by atoms with Gasteiger partial charge in [0.05, 0.1) is 14.2 Å². The number of ether oxygens (including phenoxy) is 2. The normalized spacial score (nSPS) is 12.0. The molecule has 0 radical (unpaired) electrons. The predicted octanol–water partition coefficient (Wildman–Crippen LogP) is 3.22. The molecule has 2 aromatic carbocycles. The zero-order valence-corrected chi connectivity index (χ0v) is 11.9. The summed E-state index contributed by atoms with van der Waals surface area (Å²) in [6.45, 7) is 0. The molecule has 1 atom stereocenters. The van der Waals surface area contributed by atoms with E-state index in [0.717, 1.165) is 0 Å². The van der Waals surface area contributed by atoms with Crippen LogP contribution in [0, 0.1) is 11.6 Å². The molecular weight excluding hydrogens is 276 g/mol. The highest BCUT2D eigenvalue weighted by Crippen LogP contribution is 2.30. The Balaban J connectivity index is 2.33. The van der Waals surface area contributed by atoms with Crippen LogP contribution in [0.3, 0.4) is 0 Å². The van der Waals surface area contributed by atoms with E-state index in [1.54, 1.807) is 18.2 Å². The first-order chi connectivity index (χ1) is 10.1. The number of benzene rings is 2. The van der Waals surface area contributed by atoms with Crippen molar-refractivity contribution in [3.8, 4) is 11.5 Å². The van der Waals surface area contributed by atoms with Crippen molar-refractivity contribution >= 4 is 0 Å². The maximum absolute atomic E-state index is 14.1. The third-order valence-electron chi connectivity index (χ3n) is 3.31. The van der Waals surface area contributed by atoms with Gasteiger partial charge in [-0.2, -0.15) is 0 Å². The molecule has 21 heavy (non-hydrogen) atoms. The molecule has 0 heterocycles. The fourth-order valence-corrected chi connectivity index (χ4v) is 2.27. The number of hydrogen-bond acceptors (Lipinski definition) is 3. The van der Waals surface area contributed by atoms with Crippen LogP contribution < -0.4 is 15.2 Å². The van der Waals surface area contributed by atoms with Gasteiger partial charge in [-0.15, -0.1) is 0 Å². The summed E-state index contributed by atoms with van der Waals surface area (Å²) in [5, 5.41) is 0. The fraction of sp³-hybridized carbons (Fsp3) is 0.250. The predicted molar refractivity (Wildman–Crippen MR) is 76.5 cm³/mol. The van der Waals surface area contributed by atoms with E-state index in [-0.39, 0.29) is 17.7 Å². The second kappa shape index (κ2) is 6.54. The fourth-order valence-electron chi connectivity index (χ4n) is 2.27. The molecule has 0 aliphatic heterocycles. The van der Waals surface area contributed by atoms with Crippen LogP contribution in [-0.2, 0) is 6.42 Å². The summed E-state index contributed by atoms with van der Waals surface area (Å²) in [5.41, 5.74) is 6.64. The Morgan fingerprint density at radius 1 is 1.00 bits per heavy atom. The molecule has 0 aliphatic rings. The Hall–Kier alpha value is -2.14. The highest BCUT2D eigenvalue weighted by atomic mass is 19.1. The van der Waals surface area contributed by atoms with Crippen LogP contribution in [0.2, 0.25) is 0 Å². The third-order valence-corrected chi connectivity index (χ3v) is 3.31. The maximum atomic E-state index is 14.1. The lowest BCUT2D eigenvalue weighted by Crippen LogP contribution is -2.17. The Bertz CT molecular complexity index is 632. The Morgan fingerprint density at radius 3 is 2.29 bits per heavy atom. The third kappa shape index (κ3) is 3.13. The Kier molecular flexibility index (Phi) is 4.75. The Labute approximate surface area is 122 Å². The summed E-state index contributed by atoms with van der Waals surface area (Å²) in [5.74, 6) is -0.457. The number of hydrogen-bond donors (Lipinski definition) is 1. The van der Waals surface area contributed by atoms with Gasteiger partial charge in [0.1, 0.15) is 11.6 Å². The van der Waals surface area contributed by atoms with Crippen molar-refractivity contribution in [3.05, 3.63) is 59.2 Å². The smallest absolute Gasteiger partial charge is 0.168 e. The molecule has 3 nitrogen and oxygen atoms in total. The first-order valence-corrected chi connectivity index (χ1v) is 6.47. The molecule has 0 fully saturated rings. The molecule has 112 valence electrons. The average molecular weight is 293 g/mol. The van der Waals surface area contributed by atoms with Crippen LogP contribution in [-0.4, -0.2) is 14.2 Å². The molecule has 2 aromatic rings. The van der Waals surface area contributed by atoms with Gasteiger partial charge in [0.2, 0.25) is 0 Å². The molecule has 0 saturated carbocycles. The molecule has 2 rings (SSSR count). The summed E-state index contributed by atoms with van der Waals surface area (Å²) in [6.07, 6.45) is 0.139. The first kappa shape index (κ1) is 15.3. The van der Waals surface area contributed by atoms with Crippen molar-refractivity contribution in [1.29, 1.82) is 0 Å². The van der Waals surface area contributed by atoms with Gasteiger partial charge in [-0.25, -0.2) is 8.78 Å². The SMILES string of the molecule is COc1cccc(CC(N)c2c(F)cccc2OC)c1F. The van der Waals surface area contributed by atoms with E-state index in [2.05, 4.69) is 0 Å². The lowest BCUT2D eigenvalue weighted by Gasteiger charge is -2.17. The summed E-state index contributed by atoms with van der Waals surface area (Å²) >= 11 is 0. The number of halogens is 2. The topological polar surface area (TPSA) is 44.5 Å². The van der Waals surface area contributed by atoms with E-state index in [1.807, 2.05) is 0 Å². The zero-order chi connectivity index (χ0) is 15.4. The minimum atomic E-state index is -0.720. The monoisotopic (exact) mass is 293 g/mol. The molecule has 0 spiro atoms. The number of rotatable bonds is 5. The minimum Gasteiger partial charge on any atom is -0.496 e. The van der Waals surface area contributed by atoms with E-state index < -0.39 is 17.7 Å². The van der Waals surface area contributed by atoms with Gasteiger partial charge in [-0.1, -0.05) is 18.2 Å². The van der Waals surface area contributed by atoms with Crippen molar-refractivity contribution in [3.63, 3.8) is 0 Å². The molecule has 0 aliphatic carbocycles. The van der Waals surface area contributed by atoms with Gasteiger partial charge in [-0.05, 0) is 30.2 Å². The summed E-state index contributed by atoms with van der Waals surface area (Å²) in [6, 6.07) is 8.54. The van der Waals surface area contributed by atoms with E-state index >= 15 is 0 Å². The zero-order valence-electron chi connectivity index (χ0n) is 11.9. The summed E-state index contributed by atoms with van der Waals surface area (Å²) < 4.78 is 38.1. The van der Waals surface area contributed by atoms with Crippen molar-refractivity contribution < 1.29 is 18.3 Å². The Morgan fingerprint density at radius 2 is 1.62 bits per heavy atom. The standard InChI is InChI=1S/C16H17F2NO2/c1-20-13-7-4-6-11(17)15(13)12(19)9-10-5-3-8-14(21-2)16(10)18/h3-8,12H,9,19H2,1-2H3. The van der Waals surface area contributed by atoms with Gasteiger partial charge in [0.15, 0.2) is 11.6 Å². The molecule has 0 amide bonds.